The predicted molar refractivity (Wildman–Crippen MR) is 66.0 cm³/mol. The summed E-state index contributed by atoms with van der Waals surface area (Å²) in [6, 6.07) is 0. The molecular formula is C12H18O10. The minimum absolute atomic E-state index is 0.641. The summed E-state index contributed by atoms with van der Waals surface area (Å²) in [5.41, 5.74) is 0. The molecule has 2 aliphatic rings. The smallest absolute Gasteiger partial charge is 0.371 e. The summed E-state index contributed by atoms with van der Waals surface area (Å²) in [6.45, 7) is 1.34. The number of carboxylic acid groups (broad SMARTS) is 1. The zero-order valence-corrected chi connectivity index (χ0v) is 11.5. The molecule has 0 aliphatic carbocycles. The molecule has 2 heterocycles. The Morgan fingerprint density at radius 1 is 1.27 bits per heavy atom. The first kappa shape index (κ1) is 17.1. The highest BCUT2D eigenvalue weighted by Crippen LogP contribution is 2.29. The van der Waals surface area contributed by atoms with Crippen molar-refractivity contribution >= 4 is 5.97 Å². The summed E-state index contributed by atoms with van der Waals surface area (Å²) in [5, 5.41) is 57.2. The molecule has 1 saturated heterocycles. The topological polar surface area (TPSA) is 166 Å². The van der Waals surface area contributed by atoms with E-state index in [1.165, 1.54) is 6.92 Å². The molecule has 0 radical (unpaired) electrons. The van der Waals surface area contributed by atoms with Crippen molar-refractivity contribution in [3.63, 3.8) is 0 Å². The van der Waals surface area contributed by atoms with Crippen LogP contribution in [0.15, 0.2) is 11.8 Å². The Hall–Kier alpha value is -1.27. The minimum Gasteiger partial charge on any atom is -0.475 e. The van der Waals surface area contributed by atoms with Crippen molar-refractivity contribution in [3.05, 3.63) is 11.8 Å². The summed E-state index contributed by atoms with van der Waals surface area (Å²) in [4.78, 5) is 10.9. The number of rotatable bonds is 4. The monoisotopic (exact) mass is 322 g/mol. The first-order chi connectivity index (χ1) is 10.2. The van der Waals surface area contributed by atoms with Crippen LogP contribution in [0.2, 0.25) is 0 Å². The first-order valence-corrected chi connectivity index (χ1v) is 6.55. The van der Waals surface area contributed by atoms with Gasteiger partial charge in [0.25, 0.3) is 0 Å². The van der Waals surface area contributed by atoms with Crippen molar-refractivity contribution in [2.24, 2.45) is 0 Å². The van der Waals surface area contributed by atoms with Crippen molar-refractivity contribution in [3.8, 4) is 0 Å². The fourth-order valence-corrected chi connectivity index (χ4v) is 2.25. The average molecular weight is 322 g/mol. The van der Waals surface area contributed by atoms with Gasteiger partial charge in [-0.05, 0) is 13.0 Å². The highest BCUT2D eigenvalue weighted by atomic mass is 16.7. The van der Waals surface area contributed by atoms with Gasteiger partial charge in [-0.1, -0.05) is 0 Å². The van der Waals surface area contributed by atoms with Crippen molar-refractivity contribution in [2.75, 3.05) is 0 Å². The standard InChI is InChI=1S/C12H18O10/c1-3(13)8-7(16)9(11(19)21-8)22-12-6(15)4(14)2-5(20-12)10(17)18/h2-4,6-9,11-16,19H,1H3,(H,17,18). The van der Waals surface area contributed by atoms with Gasteiger partial charge in [0, 0.05) is 0 Å². The van der Waals surface area contributed by atoms with E-state index in [0.717, 1.165) is 6.08 Å². The van der Waals surface area contributed by atoms with Crippen LogP contribution in [0.1, 0.15) is 6.92 Å². The maximum Gasteiger partial charge on any atom is 0.371 e. The summed E-state index contributed by atoms with van der Waals surface area (Å²) in [7, 11) is 0. The third-order valence-electron chi connectivity index (χ3n) is 3.42. The van der Waals surface area contributed by atoms with Crippen LogP contribution in [0.3, 0.4) is 0 Å². The van der Waals surface area contributed by atoms with E-state index in [2.05, 4.69) is 0 Å². The summed E-state index contributed by atoms with van der Waals surface area (Å²) < 4.78 is 14.9. The Morgan fingerprint density at radius 2 is 1.91 bits per heavy atom. The number of carboxylic acids is 1. The normalized spacial score (nSPS) is 43.4. The first-order valence-electron chi connectivity index (χ1n) is 6.55. The van der Waals surface area contributed by atoms with Crippen molar-refractivity contribution < 1.29 is 49.6 Å². The Morgan fingerprint density at radius 3 is 2.41 bits per heavy atom. The number of hydrogen-bond donors (Lipinski definition) is 6. The van der Waals surface area contributed by atoms with E-state index in [1.807, 2.05) is 0 Å². The highest BCUT2D eigenvalue weighted by molar-refractivity contribution is 5.84. The second kappa shape index (κ2) is 6.46. The molecule has 6 N–H and O–H groups in total. The van der Waals surface area contributed by atoms with Gasteiger partial charge in [-0.3, -0.25) is 0 Å². The van der Waals surface area contributed by atoms with Gasteiger partial charge < -0.3 is 44.8 Å². The second-order valence-corrected chi connectivity index (χ2v) is 5.13. The van der Waals surface area contributed by atoms with Crippen LogP contribution in [-0.4, -0.2) is 85.8 Å². The lowest BCUT2D eigenvalue weighted by Gasteiger charge is -2.33. The lowest BCUT2D eigenvalue weighted by Crippen LogP contribution is -2.49. The van der Waals surface area contributed by atoms with E-state index >= 15 is 0 Å². The Kier molecular flexibility index (Phi) is 5.02. The van der Waals surface area contributed by atoms with Crippen LogP contribution in [0.25, 0.3) is 0 Å². The van der Waals surface area contributed by atoms with Crippen molar-refractivity contribution in [1.82, 2.24) is 0 Å². The Balaban J connectivity index is 2.10. The van der Waals surface area contributed by atoms with Crippen molar-refractivity contribution in [2.45, 2.75) is 56.1 Å². The van der Waals surface area contributed by atoms with Crippen LogP contribution in [-0.2, 0) is 19.0 Å². The predicted octanol–water partition coefficient (Wildman–Crippen LogP) is -3.12. The molecule has 126 valence electrons. The summed E-state index contributed by atoms with van der Waals surface area (Å²) in [5.74, 6) is -2.12. The summed E-state index contributed by atoms with van der Waals surface area (Å²) >= 11 is 0. The average Bonchev–Trinajstić information content (AvgIpc) is 2.71. The zero-order chi connectivity index (χ0) is 16.6. The molecular weight excluding hydrogens is 304 g/mol. The molecule has 10 heteroatoms. The van der Waals surface area contributed by atoms with Gasteiger partial charge in [0.05, 0.1) is 6.10 Å². The van der Waals surface area contributed by atoms with Crippen molar-refractivity contribution in [1.29, 1.82) is 0 Å². The van der Waals surface area contributed by atoms with E-state index in [0.29, 0.717) is 0 Å². The molecule has 0 bridgehead atoms. The molecule has 0 aromatic rings. The zero-order valence-electron chi connectivity index (χ0n) is 11.5. The Bertz CT molecular complexity index is 449. The number of aliphatic carboxylic acids is 1. The fourth-order valence-electron chi connectivity index (χ4n) is 2.25. The van der Waals surface area contributed by atoms with Gasteiger partial charge in [-0.2, -0.15) is 0 Å². The molecule has 0 amide bonds. The minimum atomic E-state index is -1.64. The molecule has 0 aromatic heterocycles. The number of hydrogen-bond acceptors (Lipinski definition) is 9. The van der Waals surface area contributed by atoms with Gasteiger partial charge in [-0.25, -0.2) is 4.79 Å². The third kappa shape index (κ3) is 3.22. The molecule has 0 saturated carbocycles. The molecule has 8 unspecified atom stereocenters. The molecule has 0 spiro atoms. The third-order valence-corrected chi connectivity index (χ3v) is 3.42. The lowest BCUT2D eigenvalue weighted by atomic mass is 10.1. The van der Waals surface area contributed by atoms with Gasteiger partial charge >= 0.3 is 5.97 Å². The number of aliphatic hydroxyl groups is 5. The SMILES string of the molecule is CC(O)C1OC(O)C(OC2OC(C(=O)O)=CC(O)C2O)C1O. The molecule has 2 aliphatic heterocycles. The fraction of sp³-hybridized carbons (Fsp3) is 0.750. The number of ether oxygens (including phenoxy) is 3. The van der Waals surface area contributed by atoms with Gasteiger partial charge in [0.1, 0.15) is 30.5 Å². The molecule has 8 atom stereocenters. The quantitative estimate of drug-likeness (QED) is 0.311. The number of carbonyl (C=O) groups is 1. The van der Waals surface area contributed by atoms with Gasteiger partial charge in [0.15, 0.2) is 6.29 Å². The number of aliphatic hydroxyl groups excluding tert-OH is 5. The van der Waals surface area contributed by atoms with E-state index < -0.39 is 60.9 Å². The largest absolute Gasteiger partial charge is 0.475 e. The molecule has 1 fully saturated rings. The van der Waals surface area contributed by atoms with Gasteiger partial charge in [-0.15, -0.1) is 0 Å². The molecule has 22 heavy (non-hydrogen) atoms. The van der Waals surface area contributed by atoms with Crippen LogP contribution >= 0.6 is 0 Å². The van der Waals surface area contributed by atoms with Crippen LogP contribution in [0, 0.1) is 0 Å². The van der Waals surface area contributed by atoms with Crippen LogP contribution in [0.4, 0.5) is 0 Å². The second-order valence-electron chi connectivity index (χ2n) is 5.13. The molecule has 10 nitrogen and oxygen atoms in total. The van der Waals surface area contributed by atoms with E-state index in [4.69, 9.17) is 19.3 Å². The van der Waals surface area contributed by atoms with E-state index in [1.54, 1.807) is 0 Å². The van der Waals surface area contributed by atoms with Crippen LogP contribution < -0.4 is 0 Å². The lowest BCUT2D eigenvalue weighted by molar-refractivity contribution is -0.256. The Labute approximate surface area is 124 Å². The maximum absolute atomic E-state index is 10.9. The molecule has 0 aromatic carbocycles. The maximum atomic E-state index is 10.9. The van der Waals surface area contributed by atoms with Gasteiger partial charge in [0.2, 0.25) is 12.0 Å². The highest BCUT2D eigenvalue weighted by Gasteiger charge is 2.49. The van der Waals surface area contributed by atoms with E-state index in [9.17, 15) is 30.3 Å². The van der Waals surface area contributed by atoms with Crippen LogP contribution in [0.5, 0.6) is 0 Å². The van der Waals surface area contributed by atoms with E-state index in [-0.39, 0.29) is 0 Å². The summed E-state index contributed by atoms with van der Waals surface area (Å²) in [6.07, 6.45) is -10.7. The molecule has 2 rings (SSSR count).